The fourth-order valence-corrected chi connectivity index (χ4v) is 6.62. The fourth-order valence-electron chi connectivity index (χ4n) is 5.86. The maximum Gasteiger partial charge on any atom is 0.317 e. The van der Waals surface area contributed by atoms with Gasteiger partial charge >= 0.3 is 6.03 Å². The zero-order chi connectivity index (χ0) is 20.9. The summed E-state index contributed by atoms with van der Waals surface area (Å²) in [5, 5.41) is 18.9. The van der Waals surface area contributed by atoms with E-state index < -0.39 is 0 Å². The van der Waals surface area contributed by atoms with Crippen molar-refractivity contribution in [1.29, 1.82) is 0 Å². The fraction of sp³-hybridized carbons (Fsp3) is 0.800. The van der Waals surface area contributed by atoms with Crippen molar-refractivity contribution in [2.45, 2.75) is 82.1 Å². The van der Waals surface area contributed by atoms with Gasteiger partial charge in [0.15, 0.2) is 0 Å². The van der Waals surface area contributed by atoms with Crippen molar-refractivity contribution in [2.24, 2.45) is 5.92 Å². The highest BCUT2D eigenvalue weighted by atomic mass is 32.1. The molecule has 4 fully saturated rings. The molecule has 5 rings (SSSR count). The highest BCUT2D eigenvalue weighted by Gasteiger charge is 2.57. The summed E-state index contributed by atoms with van der Waals surface area (Å²) < 4.78 is 5.89. The maximum absolute atomic E-state index is 12.7. The molecule has 4 saturated heterocycles. The number of aromatic nitrogens is 2. The predicted molar refractivity (Wildman–Crippen MR) is 112 cm³/mol. The van der Waals surface area contributed by atoms with E-state index in [1.807, 2.05) is 0 Å². The summed E-state index contributed by atoms with van der Waals surface area (Å²) in [6.07, 6.45) is 5.80. The number of piperidine rings is 1. The molecule has 4 aliphatic heterocycles. The number of rotatable bonds is 4. The lowest BCUT2D eigenvalue weighted by atomic mass is 9.69. The van der Waals surface area contributed by atoms with Gasteiger partial charge in [-0.1, -0.05) is 25.2 Å². The maximum atomic E-state index is 12.7. The minimum absolute atomic E-state index is 0.0393. The number of nitrogens with zero attached hydrogens (tertiary/aromatic N) is 3. The van der Waals surface area contributed by atoms with Crippen LogP contribution in [0.2, 0.25) is 0 Å². The van der Waals surface area contributed by atoms with Gasteiger partial charge in [0, 0.05) is 30.5 Å². The lowest BCUT2D eigenvalue weighted by Crippen LogP contribution is -2.73. The molecule has 0 aromatic carbocycles. The van der Waals surface area contributed by atoms with E-state index in [2.05, 4.69) is 44.9 Å². The summed E-state index contributed by atoms with van der Waals surface area (Å²) in [6.45, 7) is 5.20. The first kappa shape index (κ1) is 20.1. The molecule has 1 aromatic rings. The quantitative estimate of drug-likeness (QED) is 0.669. The van der Waals surface area contributed by atoms with E-state index in [4.69, 9.17) is 4.74 Å². The Morgan fingerprint density at radius 3 is 2.77 bits per heavy atom. The van der Waals surface area contributed by atoms with E-state index in [0.29, 0.717) is 42.2 Å². The molecule has 3 N–H and O–H groups in total. The average molecular weight is 435 g/mol. The first-order chi connectivity index (χ1) is 14.4. The van der Waals surface area contributed by atoms with Crippen LogP contribution in [0.15, 0.2) is 0 Å². The lowest BCUT2D eigenvalue weighted by Gasteiger charge is -2.55. The van der Waals surface area contributed by atoms with Gasteiger partial charge in [0.2, 0.25) is 11.0 Å². The van der Waals surface area contributed by atoms with Gasteiger partial charge in [-0.25, -0.2) is 4.79 Å². The minimum atomic E-state index is -0.225. The molecule has 0 unspecified atom stereocenters. The van der Waals surface area contributed by atoms with Crippen molar-refractivity contribution in [3.8, 4) is 0 Å². The SMILES string of the molecule is CC(C)c1nnc(NC(=O)CN2[C@H]3CC[C@H]2CC2(C3)NC(=O)N[C@H]3OCCC[C@H]32)s1. The second kappa shape index (κ2) is 7.72. The summed E-state index contributed by atoms with van der Waals surface area (Å²) in [5.41, 5.74) is -0.225. The number of urea groups is 1. The van der Waals surface area contributed by atoms with Crippen LogP contribution in [0.5, 0.6) is 0 Å². The Bertz CT molecular complexity index is 815. The molecule has 0 aliphatic carbocycles. The van der Waals surface area contributed by atoms with Gasteiger partial charge in [-0.2, -0.15) is 0 Å². The number of nitrogens with one attached hydrogen (secondary N) is 3. The zero-order valence-electron chi connectivity index (χ0n) is 17.5. The highest BCUT2D eigenvalue weighted by Crippen LogP contribution is 2.47. The van der Waals surface area contributed by atoms with E-state index in [0.717, 1.165) is 43.5 Å². The molecule has 0 saturated carbocycles. The molecule has 0 radical (unpaired) electrons. The van der Waals surface area contributed by atoms with Crippen LogP contribution in [-0.2, 0) is 9.53 Å². The molecular formula is C20H30N6O3S. The number of hydrogen-bond acceptors (Lipinski definition) is 7. The van der Waals surface area contributed by atoms with Gasteiger partial charge in [0.05, 0.1) is 12.1 Å². The van der Waals surface area contributed by atoms with Gasteiger partial charge in [-0.05, 0) is 38.5 Å². The van der Waals surface area contributed by atoms with Crippen LogP contribution < -0.4 is 16.0 Å². The third kappa shape index (κ3) is 3.58. The smallest absolute Gasteiger partial charge is 0.317 e. The molecule has 2 bridgehead atoms. The Labute approximate surface area is 180 Å². The first-order valence-corrected chi connectivity index (χ1v) is 11.8. The van der Waals surface area contributed by atoms with E-state index >= 15 is 0 Å². The van der Waals surface area contributed by atoms with Gasteiger partial charge in [0.1, 0.15) is 11.2 Å². The molecule has 4 aliphatic rings. The van der Waals surface area contributed by atoms with E-state index in [-0.39, 0.29) is 23.7 Å². The third-order valence-corrected chi connectivity index (χ3v) is 8.29. The first-order valence-electron chi connectivity index (χ1n) is 11.0. The summed E-state index contributed by atoms with van der Waals surface area (Å²) in [5.74, 6) is 0.552. The largest absolute Gasteiger partial charge is 0.358 e. The van der Waals surface area contributed by atoms with Crippen molar-refractivity contribution in [3.05, 3.63) is 5.01 Å². The number of amides is 3. The predicted octanol–water partition coefficient (Wildman–Crippen LogP) is 2.03. The molecule has 9 nitrogen and oxygen atoms in total. The number of carbonyl (C=O) groups excluding carboxylic acids is 2. The number of hydrogen-bond donors (Lipinski definition) is 3. The monoisotopic (exact) mass is 434 g/mol. The van der Waals surface area contributed by atoms with Gasteiger partial charge < -0.3 is 15.4 Å². The molecule has 30 heavy (non-hydrogen) atoms. The van der Waals surface area contributed by atoms with Gasteiger partial charge in [-0.15, -0.1) is 10.2 Å². The van der Waals surface area contributed by atoms with Crippen molar-refractivity contribution >= 4 is 28.4 Å². The zero-order valence-corrected chi connectivity index (χ0v) is 18.3. The van der Waals surface area contributed by atoms with Crippen LogP contribution in [0.1, 0.15) is 63.3 Å². The van der Waals surface area contributed by atoms with Crippen LogP contribution >= 0.6 is 11.3 Å². The molecule has 10 heteroatoms. The lowest BCUT2D eigenvalue weighted by molar-refractivity contribution is -0.122. The number of fused-ring (bicyclic) bond motifs is 4. The molecular weight excluding hydrogens is 404 g/mol. The van der Waals surface area contributed by atoms with Crippen LogP contribution in [0.4, 0.5) is 9.93 Å². The summed E-state index contributed by atoms with van der Waals surface area (Å²) in [4.78, 5) is 27.4. The standard InChI is InChI=1S/C20H30N6O3S/c1-11(2)17-24-25-19(30-17)21-15(27)10-26-12-5-6-13(26)9-20(8-12)14-4-3-7-29-16(14)22-18(28)23-20/h11-14,16H,3-10H2,1-2H3,(H,21,25,27)(H2,22,23,28)/t12-,13-,14+,16-/m0/s1. The minimum Gasteiger partial charge on any atom is -0.358 e. The Morgan fingerprint density at radius 2 is 2.07 bits per heavy atom. The Morgan fingerprint density at radius 1 is 1.30 bits per heavy atom. The molecule has 5 heterocycles. The van der Waals surface area contributed by atoms with Crippen molar-refractivity contribution in [2.75, 3.05) is 18.5 Å². The van der Waals surface area contributed by atoms with E-state index in [9.17, 15) is 9.59 Å². The Hall–Kier alpha value is -1.78. The van der Waals surface area contributed by atoms with Crippen LogP contribution in [0.25, 0.3) is 0 Å². The second-order valence-electron chi connectivity index (χ2n) is 9.41. The van der Waals surface area contributed by atoms with Crippen molar-refractivity contribution < 1.29 is 14.3 Å². The second-order valence-corrected chi connectivity index (χ2v) is 10.4. The normalized spacial score (nSPS) is 35.8. The summed E-state index contributed by atoms with van der Waals surface area (Å²) in [6, 6.07) is 0.480. The third-order valence-electron chi connectivity index (χ3n) is 7.15. The molecule has 164 valence electrons. The van der Waals surface area contributed by atoms with E-state index in [1.54, 1.807) is 0 Å². The number of anilines is 1. The number of ether oxygens (including phenoxy) is 1. The van der Waals surface area contributed by atoms with Crippen LogP contribution in [0, 0.1) is 5.92 Å². The summed E-state index contributed by atoms with van der Waals surface area (Å²) >= 11 is 1.44. The molecule has 3 amide bonds. The average Bonchev–Trinajstić information content (AvgIpc) is 3.25. The van der Waals surface area contributed by atoms with Crippen LogP contribution in [-0.4, -0.2) is 64.0 Å². The Kier molecular flexibility index (Phi) is 5.19. The van der Waals surface area contributed by atoms with Crippen LogP contribution in [0.3, 0.4) is 0 Å². The van der Waals surface area contributed by atoms with Gasteiger partial charge in [0.25, 0.3) is 0 Å². The van der Waals surface area contributed by atoms with Crippen molar-refractivity contribution in [1.82, 2.24) is 25.7 Å². The molecule has 1 aromatic heterocycles. The highest BCUT2D eigenvalue weighted by molar-refractivity contribution is 7.15. The van der Waals surface area contributed by atoms with Gasteiger partial charge in [-0.3, -0.25) is 15.0 Å². The summed E-state index contributed by atoms with van der Waals surface area (Å²) in [7, 11) is 0. The van der Waals surface area contributed by atoms with Crippen molar-refractivity contribution in [3.63, 3.8) is 0 Å². The Balaban J connectivity index is 1.26. The van der Waals surface area contributed by atoms with E-state index in [1.165, 1.54) is 11.3 Å². The molecule has 1 spiro atoms. The number of carbonyl (C=O) groups is 2. The topological polar surface area (TPSA) is 108 Å². The molecule has 4 atom stereocenters.